The van der Waals surface area contributed by atoms with E-state index >= 15 is 0 Å². The minimum absolute atomic E-state index is 0.225. The molecule has 14 heavy (non-hydrogen) atoms. The fourth-order valence-corrected chi connectivity index (χ4v) is 1.52. The van der Waals surface area contributed by atoms with E-state index in [0.717, 1.165) is 11.3 Å². The number of anilines is 1. The van der Waals surface area contributed by atoms with Crippen LogP contribution in [0, 0.1) is 0 Å². The van der Waals surface area contributed by atoms with Crippen molar-refractivity contribution in [1.29, 1.82) is 0 Å². The zero-order chi connectivity index (χ0) is 10.2. The highest BCUT2D eigenvalue weighted by atomic mass is 32.1. The molecule has 0 unspecified atom stereocenters. The van der Waals surface area contributed by atoms with E-state index in [9.17, 15) is 0 Å². The minimum atomic E-state index is 0.225. The summed E-state index contributed by atoms with van der Waals surface area (Å²) in [6.07, 6.45) is 5.87. The topological polar surface area (TPSA) is 50.9 Å². The fourth-order valence-electron chi connectivity index (χ4n) is 1.35. The monoisotopic (exact) mass is 207 g/mol. The van der Waals surface area contributed by atoms with Crippen molar-refractivity contribution in [2.45, 2.75) is 25.3 Å². The number of hydrogen-bond donors (Lipinski definition) is 2. The summed E-state index contributed by atoms with van der Waals surface area (Å²) in [5.74, 6) is 0. The maximum absolute atomic E-state index is 5.62. The molecule has 3 N–H and O–H groups in total. The first-order valence-corrected chi connectivity index (χ1v) is 5.04. The predicted octanol–water partition coefficient (Wildman–Crippen LogP) is 1.68. The molecule has 0 saturated heterocycles. The molecule has 1 aliphatic rings. The number of aromatic nitrogens is 1. The van der Waals surface area contributed by atoms with Gasteiger partial charge in [-0.15, -0.1) is 0 Å². The molecular weight excluding hydrogens is 194 g/mol. The van der Waals surface area contributed by atoms with Gasteiger partial charge in [0.1, 0.15) is 4.99 Å². The highest BCUT2D eigenvalue weighted by molar-refractivity contribution is 7.80. The third kappa shape index (κ3) is 1.85. The summed E-state index contributed by atoms with van der Waals surface area (Å²) in [7, 11) is 0. The second kappa shape index (κ2) is 3.20. The van der Waals surface area contributed by atoms with Crippen molar-refractivity contribution in [3.05, 3.63) is 24.0 Å². The Bertz CT molecular complexity index is 371. The summed E-state index contributed by atoms with van der Waals surface area (Å²) in [6, 6.07) is 1.84. The fraction of sp³-hybridized carbons (Fsp3) is 0.400. The van der Waals surface area contributed by atoms with Crippen molar-refractivity contribution in [3.8, 4) is 0 Å². The quantitative estimate of drug-likeness (QED) is 0.740. The Kier molecular flexibility index (Phi) is 2.15. The molecule has 74 valence electrons. The van der Waals surface area contributed by atoms with Crippen LogP contribution in [0.2, 0.25) is 0 Å². The van der Waals surface area contributed by atoms with Crippen molar-refractivity contribution in [3.63, 3.8) is 0 Å². The molecule has 1 aromatic heterocycles. The average Bonchev–Trinajstić information content (AvgIpc) is 2.84. The van der Waals surface area contributed by atoms with Gasteiger partial charge in [-0.1, -0.05) is 12.2 Å². The highest BCUT2D eigenvalue weighted by Gasteiger charge is 2.37. The molecule has 0 bridgehead atoms. The lowest BCUT2D eigenvalue weighted by Gasteiger charge is -2.15. The minimum Gasteiger partial charge on any atom is -0.389 e. The van der Waals surface area contributed by atoms with Gasteiger partial charge in [0.15, 0.2) is 0 Å². The van der Waals surface area contributed by atoms with Crippen molar-refractivity contribution in [2.24, 2.45) is 5.73 Å². The first kappa shape index (κ1) is 9.40. The van der Waals surface area contributed by atoms with Crippen LogP contribution in [0.25, 0.3) is 0 Å². The van der Waals surface area contributed by atoms with Crippen molar-refractivity contribution < 1.29 is 0 Å². The van der Waals surface area contributed by atoms with Gasteiger partial charge in [-0.3, -0.25) is 4.98 Å². The average molecular weight is 207 g/mol. The number of rotatable bonds is 3. The molecular formula is C10H13N3S. The van der Waals surface area contributed by atoms with Crippen LogP contribution < -0.4 is 11.1 Å². The van der Waals surface area contributed by atoms with Gasteiger partial charge in [0, 0.05) is 17.3 Å². The molecule has 1 saturated carbocycles. The first-order chi connectivity index (χ1) is 6.61. The molecule has 4 heteroatoms. The normalized spacial score (nSPS) is 17.5. The molecule has 1 heterocycles. The summed E-state index contributed by atoms with van der Waals surface area (Å²) in [4.78, 5) is 4.48. The Balaban J connectivity index is 2.27. The molecule has 0 amide bonds. The summed E-state index contributed by atoms with van der Waals surface area (Å²) in [6.45, 7) is 2.18. The van der Waals surface area contributed by atoms with E-state index in [4.69, 9.17) is 18.0 Å². The van der Waals surface area contributed by atoms with Gasteiger partial charge in [-0.2, -0.15) is 0 Å². The number of hydrogen-bond acceptors (Lipinski definition) is 3. The molecule has 0 aromatic carbocycles. The number of nitrogens with zero attached hydrogens (tertiary/aromatic N) is 1. The molecule has 0 atom stereocenters. The van der Waals surface area contributed by atoms with Crippen molar-refractivity contribution in [1.82, 2.24) is 4.98 Å². The first-order valence-electron chi connectivity index (χ1n) is 4.63. The van der Waals surface area contributed by atoms with Gasteiger partial charge in [0.2, 0.25) is 0 Å². The van der Waals surface area contributed by atoms with Crippen LogP contribution in [0.15, 0.2) is 18.5 Å². The van der Waals surface area contributed by atoms with E-state index in [-0.39, 0.29) is 5.54 Å². The largest absolute Gasteiger partial charge is 0.389 e. The van der Waals surface area contributed by atoms with Crippen LogP contribution in [0.1, 0.15) is 25.3 Å². The zero-order valence-corrected chi connectivity index (χ0v) is 8.90. The van der Waals surface area contributed by atoms with E-state index < -0.39 is 0 Å². The lowest BCUT2D eigenvalue weighted by molar-refractivity contribution is 0.827. The van der Waals surface area contributed by atoms with E-state index in [2.05, 4.69) is 17.2 Å². The number of thiocarbonyl (C=S) groups is 1. The highest BCUT2D eigenvalue weighted by Crippen LogP contribution is 2.38. The Labute approximate surface area is 88.7 Å². The SMILES string of the molecule is CC1(Nc2cnccc2C(N)=S)CC1. The lowest BCUT2D eigenvalue weighted by atomic mass is 10.2. The second-order valence-corrected chi connectivity index (χ2v) is 4.41. The molecule has 1 aliphatic carbocycles. The van der Waals surface area contributed by atoms with Crippen LogP contribution in [0.5, 0.6) is 0 Å². The van der Waals surface area contributed by atoms with Gasteiger partial charge in [0.25, 0.3) is 0 Å². The third-order valence-corrected chi connectivity index (χ3v) is 2.74. The molecule has 1 fully saturated rings. The van der Waals surface area contributed by atoms with Crippen LogP contribution in [-0.2, 0) is 0 Å². The standard InChI is InChI=1S/C10H13N3S/c1-10(3-4-10)13-8-6-12-5-2-7(8)9(11)14/h2,5-6,13H,3-4H2,1H3,(H2,11,14). The van der Waals surface area contributed by atoms with E-state index in [1.807, 2.05) is 6.07 Å². The van der Waals surface area contributed by atoms with E-state index in [1.54, 1.807) is 12.4 Å². The van der Waals surface area contributed by atoms with Crippen LogP contribution >= 0.6 is 12.2 Å². The third-order valence-electron chi connectivity index (χ3n) is 2.52. The maximum atomic E-state index is 5.62. The second-order valence-electron chi connectivity index (χ2n) is 3.97. The summed E-state index contributed by atoms with van der Waals surface area (Å²) >= 11 is 4.97. The lowest BCUT2D eigenvalue weighted by Crippen LogP contribution is -2.20. The summed E-state index contributed by atoms with van der Waals surface area (Å²) < 4.78 is 0. The van der Waals surface area contributed by atoms with Gasteiger partial charge < -0.3 is 11.1 Å². The predicted molar refractivity (Wildman–Crippen MR) is 61.4 cm³/mol. The van der Waals surface area contributed by atoms with Gasteiger partial charge in [0.05, 0.1) is 11.9 Å². The van der Waals surface area contributed by atoms with Crippen LogP contribution in [-0.4, -0.2) is 15.5 Å². The van der Waals surface area contributed by atoms with Crippen LogP contribution in [0.3, 0.4) is 0 Å². The summed E-state index contributed by atoms with van der Waals surface area (Å²) in [5.41, 5.74) is 7.66. The van der Waals surface area contributed by atoms with E-state index in [1.165, 1.54) is 12.8 Å². The van der Waals surface area contributed by atoms with E-state index in [0.29, 0.717) is 4.99 Å². The molecule has 0 radical (unpaired) electrons. The van der Waals surface area contributed by atoms with Gasteiger partial charge >= 0.3 is 0 Å². The smallest absolute Gasteiger partial charge is 0.106 e. The Morgan fingerprint density at radius 2 is 2.36 bits per heavy atom. The number of nitrogens with two attached hydrogens (primary N) is 1. The summed E-state index contributed by atoms with van der Waals surface area (Å²) in [5, 5.41) is 3.41. The molecule has 0 spiro atoms. The Morgan fingerprint density at radius 3 is 2.93 bits per heavy atom. The zero-order valence-electron chi connectivity index (χ0n) is 8.08. The Hall–Kier alpha value is -1.16. The molecule has 2 rings (SSSR count). The Morgan fingerprint density at radius 1 is 1.64 bits per heavy atom. The van der Waals surface area contributed by atoms with Crippen molar-refractivity contribution >= 4 is 22.9 Å². The van der Waals surface area contributed by atoms with Gasteiger partial charge in [-0.05, 0) is 25.8 Å². The number of nitrogens with one attached hydrogen (secondary N) is 1. The van der Waals surface area contributed by atoms with Gasteiger partial charge in [-0.25, -0.2) is 0 Å². The molecule has 3 nitrogen and oxygen atoms in total. The van der Waals surface area contributed by atoms with Crippen LogP contribution in [0.4, 0.5) is 5.69 Å². The molecule has 0 aliphatic heterocycles. The number of pyridine rings is 1. The maximum Gasteiger partial charge on any atom is 0.106 e. The van der Waals surface area contributed by atoms with Crippen molar-refractivity contribution in [2.75, 3.05) is 5.32 Å². The molecule has 1 aromatic rings.